The van der Waals surface area contributed by atoms with Crippen molar-refractivity contribution in [2.75, 3.05) is 26.3 Å². The molecule has 2 aliphatic rings. The summed E-state index contributed by atoms with van der Waals surface area (Å²) in [6.07, 6.45) is 2.49. The Hall–Kier alpha value is -0.900. The second-order valence-electron chi connectivity index (χ2n) is 5.79. The fraction of sp³-hybridized carbons (Fsp3) is 0.625. The molecule has 2 fully saturated rings. The molecule has 0 saturated carbocycles. The molecule has 2 aliphatic heterocycles. The third-order valence-corrected chi connectivity index (χ3v) is 4.43. The lowest BCUT2D eigenvalue weighted by Crippen LogP contribution is -2.56. The Labute approximate surface area is 115 Å². The normalized spacial score (nSPS) is 33.2. The van der Waals surface area contributed by atoms with Crippen molar-refractivity contribution in [2.24, 2.45) is 0 Å². The summed E-state index contributed by atoms with van der Waals surface area (Å²) >= 11 is 0. The maximum atomic E-state index is 5.66. The van der Waals surface area contributed by atoms with Crippen LogP contribution in [0.15, 0.2) is 30.3 Å². The van der Waals surface area contributed by atoms with Crippen LogP contribution < -0.4 is 5.32 Å². The molecular formula is C16H24N2O. The second kappa shape index (κ2) is 6.04. The molecular weight excluding hydrogens is 236 g/mol. The number of nitrogens with zero attached hydrogens (tertiary/aromatic N) is 1. The van der Waals surface area contributed by atoms with Crippen molar-refractivity contribution in [3.63, 3.8) is 0 Å². The molecule has 3 rings (SSSR count). The first-order chi connectivity index (χ1) is 9.34. The summed E-state index contributed by atoms with van der Waals surface area (Å²) in [4.78, 5) is 2.65. The van der Waals surface area contributed by atoms with Crippen LogP contribution in [0.4, 0.5) is 0 Å². The summed E-state index contributed by atoms with van der Waals surface area (Å²) in [6.45, 7) is 6.34. The lowest BCUT2D eigenvalue weighted by Gasteiger charge is -2.44. The maximum absolute atomic E-state index is 5.66. The van der Waals surface area contributed by atoms with Crippen LogP contribution in [0.25, 0.3) is 0 Å². The lowest BCUT2D eigenvalue weighted by atomic mass is 9.98. The monoisotopic (exact) mass is 260 g/mol. The van der Waals surface area contributed by atoms with Crippen LogP contribution in [-0.2, 0) is 4.74 Å². The Morgan fingerprint density at radius 2 is 2.11 bits per heavy atom. The zero-order chi connectivity index (χ0) is 13.1. The van der Waals surface area contributed by atoms with Gasteiger partial charge in [0.1, 0.15) is 0 Å². The highest BCUT2D eigenvalue weighted by molar-refractivity contribution is 5.20. The standard InChI is InChI=1S/C16H24N2O/c1-13-10-17-16(14-6-3-2-4-7-14)11-18(13)15-8-5-9-19-12-15/h2-4,6-7,13,15-17H,5,8-12H2,1H3. The number of hydrogen-bond acceptors (Lipinski definition) is 3. The first-order valence-corrected chi connectivity index (χ1v) is 7.46. The van der Waals surface area contributed by atoms with Gasteiger partial charge in [-0.25, -0.2) is 0 Å². The molecule has 0 spiro atoms. The van der Waals surface area contributed by atoms with Gasteiger partial charge in [-0.1, -0.05) is 30.3 Å². The molecule has 1 aromatic carbocycles. The van der Waals surface area contributed by atoms with E-state index in [0.29, 0.717) is 18.1 Å². The van der Waals surface area contributed by atoms with Crippen LogP contribution in [0, 0.1) is 0 Å². The van der Waals surface area contributed by atoms with E-state index in [0.717, 1.165) is 26.3 Å². The average molecular weight is 260 g/mol. The van der Waals surface area contributed by atoms with Crippen molar-refractivity contribution in [2.45, 2.75) is 37.9 Å². The number of ether oxygens (including phenoxy) is 1. The van der Waals surface area contributed by atoms with Gasteiger partial charge in [-0.15, -0.1) is 0 Å². The smallest absolute Gasteiger partial charge is 0.0621 e. The van der Waals surface area contributed by atoms with E-state index in [1.807, 2.05) is 0 Å². The Bertz CT molecular complexity index is 389. The van der Waals surface area contributed by atoms with E-state index >= 15 is 0 Å². The van der Waals surface area contributed by atoms with E-state index in [4.69, 9.17) is 4.74 Å². The van der Waals surface area contributed by atoms with Crippen LogP contribution in [-0.4, -0.2) is 43.3 Å². The van der Waals surface area contributed by atoms with Crippen molar-refractivity contribution in [1.29, 1.82) is 0 Å². The van der Waals surface area contributed by atoms with E-state index < -0.39 is 0 Å². The molecule has 1 aromatic rings. The average Bonchev–Trinajstić information content (AvgIpc) is 2.49. The Morgan fingerprint density at radius 1 is 1.26 bits per heavy atom. The minimum atomic E-state index is 0.458. The number of benzene rings is 1. The summed E-state index contributed by atoms with van der Waals surface area (Å²) in [6, 6.07) is 12.5. The molecule has 0 aromatic heterocycles. The number of rotatable bonds is 2. The molecule has 0 bridgehead atoms. The van der Waals surface area contributed by atoms with E-state index in [1.165, 1.54) is 18.4 Å². The predicted molar refractivity (Wildman–Crippen MR) is 77.2 cm³/mol. The van der Waals surface area contributed by atoms with Gasteiger partial charge in [0.25, 0.3) is 0 Å². The lowest BCUT2D eigenvalue weighted by molar-refractivity contribution is -0.0117. The SMILES string of the molecule is CC1CNC(c2ccccc2)CN1C1CCCOC1. The number of hydrogen-bond donors (Lipinski definition) is 1. The molecule has 2 saturated heterocycles. The molecule has 3 unspecified atom stereocenters. The molecule has 3 nitrogen and oxygen atoms in total. The maximum Gasteiger partial charge on any atom is 0.0621 e. The minimum Gasteiger partial charge on any atom is -0.380 e. The van der Waals surface area contributed by atoms with E-state index in [9.17, 15) is 0 Å². The molecule has 2 heterocycles. The van der Waals surface area contributed by atoms with E-state index in [-0.39, 0.29) is 0 Å². The summed E-state index contributed by atoms with van der Waals surface area (Å²) in [7, 11) is 0. The highest BCUT2D eigenvalue weighted by Crippen LogP contribution is 2.24. The zero-order valence-corrected chi connectivity index (χ0v) is 11.7. The van der Waals surface area contributed by atoms with Crippen molar-refractivity contribution in [1.82, 2.24) is 10.2 Å². The van der Waals surface area contributed by atoms with Crippen molar-refractivity contribution < 1.29 is 4.74 Å². The molecule has 0 aliphatic carbocycles. The largest absolute Gasteiger partial charge is 0.380 e. The van der Waals surface area contributed by atoms with E-state index in [1.54, 1.807) is 0 Å². The molecule has 1 N–H and O–H groups in total. The van der Waals surface area contributed by atoms with Gasteiger partial charge in [0.15, 0.2) is 0 Å². The van der Waals surface area contributed by atoms with E-state index in [2.05, 4.69) is 47.5 Å². The van der Waals surface area contributed by atoms with Crippen LogP contribution in [0.3, 0.4) is 0 Å². The minimum absolute atomic E-state index is 0.458. The van der Waals surface area contributed by atoms with Crippen LogP contribution in [0.5, 0.6) is 0 Å². The Morgan fingerprint density at radius 3 is 2.84 bits per heavy atom. The predicted octanol–water partition coefficient (Wildman–Crippen LogP) is 2.20. The fourth-order valence-electron chi connectivity index (χ4n) is 3.29. The second-order valence-corrected chi connectivity index (χ2v) is 5.79. The zero-order valence-electron chi connectivity index (χ0n) is 11.7. The first kappa shape index (κ1) is 13.1. The summed E-state index contributed by atoms with van der Waals surface area (Å²) < 4.78 is 5.66. The molecule has 0 radical (unpaired) electrons. The molecule has 104 valence electrons. The van der Waals surface area contributed by atoms with Gasteiger partial charge < -0.3 is 10.1 Å². The molecule has 3 heteroatoms. The van der Waals surface area contributed by atoms with Crippen LogP contribution >= 0.6 is 0 Å². The van der Waals surface area contributed by atoms with Gasteiger partial charge in [-0.3, -0.25) is 4.90 Å². The van der Waals surface area contributed by atoms with Crippen LogP contribution in [0.2, 0.25) is 0 Å². The van der Waals surface area contributed by atoms with Crippen molar-refractivity contribution in [3.05, 3.63) is 35.9 Å². The van der Waals surface area contributed by atoms with Crippen LogP contribution in [0.1, 0.15) is 31.4 Å². The summed E-state index contributed by atoms with van der Waals surface area (Å²) in [5.74, 6) is 0. The van der Waals surface area contributed by atoms with Crippen molar-refractivity contribution in [3.8, 4) is 0 Å². The van der Waals surface area contributed by atoms with Gasteiger partial charge in [0, 0.05) is 37.8 Å². The summed E-state index contributed by atoms with van der Waals surface area (Å²) in [5.41, 5.74) is 1.40. The van der Waals surface area contributed by atoms with Gasteiger partial charge in [0.05, 0.1) is 6.61 Å². The molecule has 3 atom stereocenters. The van der Waals surface area contributed by atoms with Gasteiger partial charge in [0.2, 0.25) is 0 Å². The Kier molecular flexibility index (Phi) is 4.16. The molecule has 0 amide bonds. The quantitative estimate of drug-likeness (QED) is 0.882. The summed E-state index contributed by atoms with van der Waals surface area (Å²) in [5, 5.41) is 3.67. The van der Waals surface area contributed by atoms with Crippen molar-refractivity contribution >= 4 is 0 Å². The topological polar surface area (TPSA) is 24.5 Å². The fourth-order valence-corrected chi connectivity index (χ4v) is 3.29. The third kappa shape index (κ3) is 2.99. The highest BCUT2D eigenvalue weighted by atomic mass is 16.5. The van der Waals surface area contributed by atoms with Gasteiger partial charge in [-0.05, 0) is 25.3 Å². The third-order valence-electron chi connectivity index (χ3n) is 4.43. The van der Waals surface area contributed by atoms with Gasteiger partial charge in [-0.2, -0.15) is 0 Å². The Balaban J connectivity index is 1.70. The molecule has 19 heavy (non-hydrogen) atoms. The van der Waals surface area contributed by atoms with Gasteiger partial charge >= 0.3 is 0 Å². The number of nitrogens with one attached hydrogen (secondary N) is 1. The first-order valence-electron chi connectivity index (χ1n) is 7.46. The number of piperazine rings is 1. The highest BCUT2D eigenvalue weighted by Gasteiger charge is 2.31.